The molecule has 0 spiro atoms. The van der Waals surface area contributed by atoms with Crippen molar-refractivity contribution in [3.63, 3.8) is 0 Å². The van der Waals surface area contributed by atoms with Crippen molar-refractivity contribution >= 4 is 0 Å². The zero-order valence-corrected chi connectivity index (χ0v) is 11.7. The van der Waals surface area contributed by atoms with E-state index in [-0.39, 0.29) is 0 Å². The molecule has 0 unspecified atom stereocenters. The summed E-state index contributed by atoms with van der Waals surface area (Å²) in [6.07, 6.45) is 5.33. The maximum Gasteiger partial charge on any atom is 0.0233 e. The largest absolute Gasteiger partial charge is 0.299 e. The van der Waals surface area contributed by atoms with E-state index >= 15 is 0 Å². The van der Waals surface area contributed by atoms with Crippen LogP contribution in [0.1, 0.15) is 51.2 Å². The number of nitrogens with zero attached hydrogens (tertiary/aromatic N) is 1. The van der Waals surface area contributed by atoms with Crippen LogP contribution in [0, 0.1) is 0 Å². The molecule has 1 aromatic carbocycles. The molecule has 0 saturated carbocycles. The van der Waals surface area contributed by atoms with Gasteiger partial charge in [-0.3, -0.25) is 4.90 Å². The van der Waals surface area contributed by atoms with Gasteiger partial charge in [-0.25, -0.2) is 0 Å². The van der Waals surface area contributed by atoms with E-state index in [1.165, 1.54) is 43.5 Å². The highest BCUT2D eigenvalue weighted by Crippen LogP contribution is 2.13. The van der Waals surface area contributed by atoms with Crippen LogP contribution in [-0.2, 0) is 13.0 Å². The molecule has 0 aliphatic carbocycles. The lowest BCUT2D eigenvalue weighted by Crippen LogP contribution is -2.29. The minimum absolute atomic E-state index is 1.14. The highest BCUT2D eigenvalue weighted by Gasteiger charge is 2.09. The molecule has 96 valence electrons. The van der Waals surface area contributed by atoms with Gasteiger partial charge in [-0.05, 0) is 43.5 Å². The van der Waals surface area contributed by atoms with Crippen molar-refractivity contribution < 1.29 is 0 Å². The number of rotatable bonds is 3. The van der Waals surface area contributed by atoms with Crippen molar-refractivity contribution in [3.8, 4) is 0 Å². The average Bonchev–Trinajstić information content (AvgIpc) is 2.43. The van der Waals surface area contributed by atoms with Crippen molar-refractivity contribution in [1.29, 1.82) is 0 Å². The zero-order valence-electron chi connectivity index (χ0n) is 11.7. The first-order chi connectivity index (χ1) is 8.38. The third-order valence-electron chi connectivity index (χ3n) is 3.29. The molecule has 0 amide bonds. The number of hydrogen-bond acceptors (Lipinski definition) is 1. The molecule has 1 fully saturated rings. The normalized spacial score (nSPS) is 16.2. The van der Waals surface area contributed by atoms with Gasteiger partial charge >= 0.3 is 0 Å². The highest BCUT2D eigenvalue weighted by atomic mass is 15.1. The summed E-state index contributed by atoms with van der Waals surface area (Å²) in [7, 11) is 0. The molecule has 0 radical (unpaired) electrons. The topological polar surface area (TPSA) is 3.24 Å². The monoisotopic (exact) mass is 233 g/mol. The second kappa shape index (κ2) is 8.30. The molecule has 0 N–H and O–H groups in total. The van der Waals surface area contributed by atoms with Crippen molar-refractivity contribution in [2.75, 3.05) is 13.1 Å². The number of aryl methyl sites for hydroxylation is 1. The van der Waals surface area contributed by atoms with Gasteiger partial charge < -0.3 is 0 Å². The van der Waals surface area contributed by atoms with Crippen LogP contribution in [0.2, 0.25) is 0 Å². The summed E-state index contributed by atoms with van der Waals surface area (Å²) in [6.45, 7) is 9.93. The van der Waals surface area contributed by atoms with Crippen LogP contribution >= 0.6 is 0 Å². The van der Waals surface area contributed by atoms with Crippen LogP contribution in [0.5, 0.6) is 0 Å². The molecule has 1 aliphatic heterocycles. The van der Waals surface area contributed by atoms with Crippen LogP contribution in [0.4, 0.5) is 0 Å². The van der Waals surface area contributed by atoms with Gasteiger partial charge in [0.05, 0.1) is 0 Å². The van der Waals surface area contributed by atoms with Crippen molar-refractivity contribution in [2.45, 2.75) is 53.0 Å². The van der Waals surface area contributed by atoms with E-state index in [0.29, 0.717) is 0 Å². The molecular weight excluding hydrogens is 206 g/mol. The van der Waals surface area contributed by atoms with Gasteiger partial charge in [-0.1, -0.05) is 51.5 Å². The summed E-state index contributed by atoms with van der Waals surface area (Å²) in [4.78, 5) is 2.57. The average molecular weight is 233 g/mol. The van der Waals surface area contributed by atoms with Crippen LogP contribution in [0.25, 0.3) is 0 Å². The fourth-order valence-corrected chi connectivity index (χ4v) is 2.26. The van der Waals surface area contributed by atoms with Gasteiger partial charge in [0, 0.05) is 6.54 Å². The SMILES string of the molecule is CC.CCc1ccc(CN2CCCCC2)cc1. The molecule has 1 aromatic rings. The summed E-state index contributed by atoms with van der Waals surface area (Å²) < 4.78 is 0. The number of benzene rings is 1. The second-order valence-electron chi connectivity index (χ2n) is 4.51. The smallest absolute Gasteiger partial charge is 0.0233 e. The lowest BCUT2D eigenvalue weighted by molar-refractivity contribution is 0.221. The summed E-state index contributed by atoms with van der Waals surface area (Å²) >= 11 is 0. The van der Waals surface area contributed by atoms with Crippen LogP contribution in [-0.4, -0.2) is 18.0 Å². The summed E-state index contributed by atoms with van der Waals surface area (Å²) in [5.41, 5.74) is 2.91. The van der Waals surface area contributed by atoms with Crippen molar-refractivity contribution in [1.82, 2.24) is 4.90 Å². The zero-order chi connectivity index (χ0) is 12.5. The number of hydrogen-bond donors (Lipinski definition) is 0. The van der Waals surface area contributed by atoms with E-state index in [2.05, 4.69) is 36.1 Å². The highest BCUT2D eigenvalue weighted by molar-refractivity contribution is 5.22. The first-order valence-electron chi connectivity index (χ1n) is 7.18. The molecular formula is C16H27N. The van der Waals surface area contributed by atoms with Gasteiger partial charge in [0.1, 0.15) is 0 Å². The number of piperidine rings is 1. The molecule has 2 rings (SSSR count). The maximum atomic E-state index is 2.57. The Balaban J connectivity index is 0.000000686. The Bertz CT molecular complexity index is 283. The molecule has 17 heavy (non-hydrogen) atoms. The van der Waals surface area contributed by atoms with Gasteiger partial charge in [0.15, 0.2) is 0 Å². The van der Waals surface area contributed by atoms with E-state index in [9.17, 15) is 0 Å². The van der Waals surface area contributed by atoms with E-state index < -0.39 is 0 Å². The van der Waals surface area contributed by atoms with Crippen LogP contribution < -0.4 is 0 Å². The predicted molar refractivity (Wildman–Crippen MR) is 76.3 cm³/mol. The summed E-state index contributed by atoms with van der Waals surface area (Å²) in [5.74, 6) is 0. The maximum absolute atomic E-state index is 2.57. The minimum Gasteiger partial charge on any atom is -0.299 e. The Kier molecular flexibility index (Phi) is 6.95. The standard InChI is InChI=1S/C14H21N.C2H6/c1-2-13-6-8-14(9-7-13)12-15-10-4-3-5-11-15;1-2/h6-9H,2-5,10-12H2,1H3;1-2H3. The lowest BCUT2D eigenvalue weighted by atomic mass is 10.1. The molecule has 1 aliphatic rings. The summed E-state index contributed by atoms with van der Waals surface area (Å²) in [6, 6.07) is 9.10. The van der Waals surface area contributed by atoms with E-state index in [1.807, 2.05) is 13.8 Å². The fraction of sp³-hybridized carbons (Fsp3) is 0.625. The number of likely N-dealkylation sites (tertiary alicyclic amines) is 1. The molecule has 1 heteroatoms. The molecule has 1 heterocycles. The van der Waals surface area contributed by atoms with Crippen LogP contribution in [0.15, 0.2) is 24.3 Å². The third kappa shape index (κ3) is 4.91. The lowest BCUT2D eigenvalue weighted by Gasteiger charge is -2.26. The predicted octanol–water partition coefficient (Wildman–Crippen LogP) is 4.26. The van der Waals surface area contributed by atoms with Crippen molar-refractivity contribution in [3.05, 3.63) is 35.4 Å². The Morgan fingerprint density at radius 2 is 1.41 bits per heavy atom. The Morgan fingerprint density at radius 3 is 1.94 bits per heavy atom. The molecule has 1 nitrogen and oxygen atoms in total. The quantitative estimate of drug-likeness (QED) is 0.754. The Morgan fingerprint density at radius 1 is 0.882 bits per heavy atom. The van der Waals surface area contributed by atoms with Gasteiger partial charge in [-0.15, -0.1) is 0 Å². The van der Waals surface area contributed by atoms with E-state index in [1.54, 1.807) is 0 Å². The molecule has 0 aromatic heterocycles. The van der Waals surface area contributed by atoms with Gasteiger partial charge in [0.25, 0.3) is 0 Å². The minimum atomic E-state index is 1.14. The molecule has 0 atom stereocenters. The van der Waals surface area contributed by atoms with Crippen LogP contribution in [0.3, 0.4) is 0 Å². The van der Waals surface area contributed by atoms with Gasteiger partial charge in [-0.2, -0.15) is 0 Å². The van der Waals surface area contributed by atoms with E-state index in [4.69, 9.17) is 0 Å². The first-order valence-corrected chi connectivity index (χ1v) is 7.18. The fourth-order valence-electron chi connectivity index (χ4n) is 2.26. The van der Waals surface area contributed by atoms with Crippen molar-refractivity contribution in [2.24, 2.45) is 0 Å². The summed E-state index contributed by atoms with van der Waals surface area (Å²) in [5, 5.41) is 0. The van der Waals surface area contributed by atoms with E-state index in [0.717, 1.165) is 13.0 Å². The Labute approximate surface area is 107 Å². The second-order valence-corrected chi connectivity index (χ2v) is 4.51. The first kappa shape index (κ1) is 14.2. The third-order valence-corrected chi connectivity index (χ3v) is 3.29. The molecule has 0 bridgehead atoms. The van der Waals surface area contributed by atoms with Gasteiger partial charge in [0.2, 0.25) is 0 Å². The Hall–Kier alpha value is -0.820. The molecule has 1 saturated heterocycles.